The number of rotatable bonds is 10. The minimum absolute atomic E-state index is 0.0985. The molecule has 2 N–H and O–H groups in total. The summed E-state index contributed by atoms with van der Waals surface area (Å²) < 4.78 is 27.4. The van der Waals surface area contributed by atoms with E-state index in [0.717, 1.165) is 28.2 Å². The number of nitrogens with one attached hydrogen (secondary N) is 2. The number of carbonyl (C=O) groups is 1. The standard InChI is InChI=1S/C28H31N5O3S2/c1-21-26(38(35,36)29-2)37-28(30-21)33(20-10-19-32(3)25-13-8-5-9-14-25)27(34)31-24-17-15-23(16-18-24)22-11-6-4-7-12-22/h4-9,11-18,29H,10,19-20H2,1-3H3,(H,31,34). The Labute approximate surface area is 228 Å². The summed E-state index contributed by atoms with van der Waals surface area (Å²) in [7, 11) is -0.330. The molecule has 4 rings (SSSR count). The number of nitrogens with zero attached hydrogens (tertiary/aromatic N) is 3. The first-order valence-corrected chi connectivity index (χ1v) is 14.5. The van der Waals surface area contributed by atoms with Crippen LogP contribution < -0.4 is 19.8 Å². The Morgan fingerprint density at radius 3 is 2.13 bits per heavy atom. The largest absolute Gasteiger partial charge is 0.375 e. The molecule has 8 nitrogen and oxygen atoms in total. The SMILES string of the molecule is CNS(=O)(=O)c1sc(N(CCCN(C)c2ccccc2)C(=O)Nc2ccc(-c3ccccc3)cc2)nc1C. The molecule has 38 heavy (non-hydrogen) atoms. The Balaban J connectivity index is 1.53. The van der Waals surface area contributed by atoms with Gasteiger partial charge in [0.15, 0.2) is 9.34 Å². The highest BCUT2D eigenvalue weighted by molar-refractivity contribution is 7.91. The van der Waals surface area contributed by atoms with E-state index in [2.05, 4.69) is 19.9 Å². The van der Waals surface area contributed by atoms with Crippen molar-refractivity contribution in [2.45, 2.75) is 17.6 Å². The maximum absolute atomic E-state index is 13.5. The van der Waals surface area contributed by atoms with Gasteiger partial charge in [-0.05, 0) is 55.8 Å². The number of benzene rings is 3. The third-order valence-electron chi connectivity index (χ3n) is 6.05. The van der Waals surface area contributed by atoms with Crippen molar-refractivity contribution in [3.05, 3.63) is 90.6 Å². The van der Waals surface area contributed by atoms with Crippen LogP contribution in [0.15, 0.2) is 89.1 Å². The van der Waals surface area contributed by atoms with Gasteiger partial charge in [0, 0.05) is 31.5 Å². The average Bonchev–Trinajstić information content (AvgIpc) is 3.34. The van der Waals surface area contributed by atoms with Crippen molar-refractivity contribution in [1.29, 1.82) is 0 Å². The van der Waals surface area contributed by atoms with Gasteiger partial charge in [0.1, 0.15) is 0 Å². The van der Waals surface area contributed by atoms with E-state index >= 15 is 0 Å². The lowest BCUT2D eigenvalue weighted by molar-refractivity contribution is 0.257. The minimum Gasteiger partial charge on any atom is -0.375 e. The highest BCUT2D eigenvalue weighted by Gasteiger charge is 2.26. The predicted octanol–water partition coefficient (Wildman–Crippen LogP) is 5.59. The number of para-hydroxylation sites is 1. The van der Waals surface area contributed by atoms with Gasteiger partial charge in [0.2, 0.25) is 0 Å². The van der Waals surface area contributed by atoms with E-state index in [9.17, 15) is 13.2 Å². The first kappa shape index (κ1) is 27.3. The van der Waals surface area contributed by atoms with E-state index < -0.39 is 10.0 Å². The number of anilines is 3. The number of hydrogen-bond donors (Lipinski definition) is 2. The minimum atomic E-state index is -3.69. The number of sulfonamides is 1. The van der Waals surface area contributed by atoms with Crippen molar-refractivity contribution in [2.75, 3.05) is 42.3 Å². The van der Waals surface area contributed by atoms with Gasteiger partial charge >= 0.3 is 6.03 Å². The molecule has 0 aliphatic rings. The number of amides is 2. The topological polar surface area (TPSA) is 94.6 Å². The van der Waals surface area contributed by atoms with Crippen molar-refractivity contribution in [1.82, 2.24) is 9.71 Å². The van der Waals surface area contributed by atoms with E-state index in [-0.39, 0.29) is 10.2 Å². The molecule has 0 aliphatic carbocycles. The molecule has 0 bridgehead atoms. The van der Waals surface area contributed by atoms with E-state index in [0.29, 0.717) is 36.0 Å². The lowest BCUT2D eigenvalue weighted by Gasteiger charge is -2.23. The summed E-state index contributed by atoms with van der Waals surface area (Å²) in [5.74, 6) is 0. The smallest absolute Gasteiger partial charge is 0.328 e. The van der Waals surface area contributed by atoms with Crippen LogP contribution in [0.2, 0.25) is 0 Å². The highest BCUT2D eigenvalue weighted by Crippen LogP contribution is 2.30. The van der Waals surface area contributed by atoms with E-state index in [1.165, 1.54) is 11.9 Å². The van der Waals surface area contributed by atoms with Crippen LogP contribution in [0.3, 0.4) is 0 Å². The molecule has 0 saturated carbocycles. The summed E-state index contributed by atoms with van der Waals surface area (Å²) in [6.45, 7) is 2.69. The molecule has 0 unspecified atom stereocenters. The maximum atomic E-state index is 13.5. The summed E-state index contributed by atoms with van der Waals surface area (Å²) in [5, 5.41) is 3.28. The van der Waals surface area contributed by atoms with E-state index in [1.807, 2.05) is 92.0 Å². The first-order chi connectivity index (χ1) is 18.3. The Kier molecular flexibility index (Phi) is 8.77. The third-order valence-corrected chi connectivity index (χ3v) is 9.25. The Bertz CT molecular complexity index is 1460. The molecule has 0 atom stereocenters. The van der Waals surface area contributed by atoms with Crippen LogP contribution in [0.5, 0.6) is 0 Å². The summed E-state index contributed by atoms with van der Waals surface area (Å²) in [6.07, 6.45) is 0.651. The van der Waals surface area contributed by atoms with Gasteiger partial charge in [-0.25, -0.2) is 22.9 Å². The van der Waals surface area contributed by atoms with Gasteiger partial charge in [-0.2, -0.15) is 0 Å². The van der Waals surface area contributed by atoms with Gasteiger partial charge in [0.05, 0.1) is 5.69 Å². The molecule has 1 aromatic heterocycles. The molecule has 198 valence electrons. The number of carbonyl (C=O) groups excluding carboxylic acids is 1. The zero-order valence-electron chi connectivity index (χ0n) is 21.6. The second-order valence-electron chi connectivity index (χ2n) is 8.71. The predicted molar refractivity (Wildman–Crippen MR) is 156 cm³/mol. The van der Waals surface area contributed by atoms with Gasteiger partial charge in [-0.15, -0.1) is 0 Å². The van der Waals surface area contributed by atoms with Crippen LogP contribution in [0, 0.1) is 6.92 Å². The Hall–Kier alpha value is -3.73. The number of hydrogen-bond acceptors (Lipinski definition) is 6. The van der Waals surface area contributed by atoms with Crippen LogP contribution in [0.4, 0.5) is 21.3 Å². The molecule has 4 aromatic rings. The molecule has 3 aromatic carbocycles. The Morgan fingerprint density at radius 1 is 0.895 bits per heavy atom. The number of thiazole rings is 1. The molecule has 0 spiro atoms. The van der Waals surface area contributed by atoms with Gasteiger partial charge in [-0.3, -0.25) is 4.90 Å². The lowest BCUT2D eigenvalue weighted by atomic mass is 10.1. The second-order valence-corrected chi connectivity index (χ2v) is 11.8. The van der Waals surface area contributed by atoms with Crippen LogP contribution in [0.25, 0.3) is 11.1 Å². The van der Waals surface area contributed by atoms with Crippen molar-refractivity contribution < 1.29 is 13.2 Å². The maximum Gasteiger partial charge on any atom is 0.328 e. The van der Waals surface area contributed by atoms with Crippen LogP contribution >= 0.6 is 11.3 Å². The lowest BCUT2D eigenvalue weighted by Crippen LogP contribution is -2.37. The number of aryl methyl sites for hydroxylation is 1. The molecule has 0 radical (unpaired) electrons. The quantitative estimate of drug-likeness (QED) is 0.269. The van der Waals surface area contributed by atoms with Crippen molar-refractivity contribution in [2.24, 2.45) is 0 Å². The van der Waals surface area contributed by atoms with Crippen LogP contribution in [0.1, 0.15) is 12.1 Å². The van der Waals surface area contributed by atoms with Crippen molar-refractivity contribution in [3.8, 4) is 11.1 Å². The normalized spacial score (nSPS) is 11.2. The molecule has 2 amide bonds. The summed E-state index contributed by atoms with van der Waals surface area (Å²) >= 11 is 0.983. The molecule has 1 heterocycles. The number of urea groups is 1. The first-order valence-electron chi connectivity index (χ1n) is 12.2. The molecule has 0 saturated heterocycles. The molecule has 0 fully saturated rings. The van der Waals surface area contributed by atoms with Crippen molar-refractivity contribution in [3.63, 3.8) is 0 Å². The average molecular weight is 550 g/mol. The monoisotopic (exact) mass is 549 g/mol. The second kappa shape index (κ2) is 12.2. The zero-order valence-corrected chi connectivity index (χ0v) is 23.2. The highest BCUT2D eigenvalue weighted by atomic mass is 32.2. The molecule has 0 aliphatic heterocycles. The fourth-order valence-electron chi connectivity index (χ4n) is 3.96. The van der Waals surface area contributed by atoms with Gasteiger partial charge in [-0.1, -0.05) is 72.0 Å². The summed E-state index contributed by atoms with van der Waals surface area (Å²) in [5.41, 5.74) is 4.20. The summed E-state index contributed by atoms with van der Waals surface area (Å²) in [4.78, 5) is 21.5. The van der Waals surface area contributed by atoms with E-state index in [4.69, 9.17) is 0 Å². The van der Waals surface area contributed by atoms with Crippen LogP contribution in [-0.2, 0) is 10.0 Å². The van der Waals surface area contributed by atoms with Crippen molar-refractivity contribution >= 4 is 43.9 Å². The summed E-state index contributed by atoms with van der Waals surface area (Å²) in [6, 6.07) is 27.2. The molecule has 10 heteroatoms. The van der Waals surface area contributed by atoms with Gasteiger partial charge < -0.3 is 10.2 Å². The zero-order chi connectivity index (χ0) is 27.1. The van der Waals surface area contributed by atoms with E-state index in [1.54, 1.807) is 6.92 Å². The third kappa shape index (κ3) is 6.58. The van der Waals surface area contributed by atoms with Gasteiger partial charge in [0.25, 0.3) is 10.0 Å². The molecular formula is C28H31N5O3S2. The van der Waals surface area contributed by atoms with Crippen LogP contribution in [-0.4, -0.2) is 46.6 Å². The Morgan fingerprint density at radius 2 is 1.50 bits per heavy atom. The molecular weight excluding hydrogens is 518 g/mol. The fourth-order valence-corrected chi connectivity index (χ4v) is 6.31. The number of aromatic nitrogens is 1. The fraction of sp³-hybridized carbons (Fsp3) is 0.214.